The highest BCUT2D eigenvalue weighted by Gasteiger charge is 2.47. The highest BCUT2D eigenvalue weighted by molar-refractivity contribution is 5.91. The number of rotatable bonds is 11. The number of hydrogen-bond acceptors (Lipinski definition) is 3. The van der Waals surface area contributed by atoms with Crippen LogP contribution in [0.2, 0.25) is 0 Å². The fourth-order valence-corrected chi connectivity index (χ4v) is 10.9. The minimum Gasteiger partial charge on any atom is -0.377 e. The van der Waals surface area contributed by atoms with Crippen LogP contribution < -0.4 is 9.80 Å². The predicted octanol–water partition coefficient (Wildman–Crippen LogP) is 15.0. The molecule has 318 valence electrons. The number of methoxy groups -OCH3 is 1. The van der Waals surface area contributed by atoms with Gasteiger partial charge in [-0.1, -0.05) is 176 Å². The van der Waals surface area contributed by atoms with Gasteiger partial charge in [-0.05, 0) is 142 Å². The number of allylic oxidation sites excluding steroid dienone is 10. The van der Waals surface area contributed by atoms with Gasteiger partial charge >= 0.3 is 0 Å². The lowest BCUT2D eigenvalue weighted by atomic mass is 9.65. The molecule has 4 unspecified atom stereocenters. The van der Waals surface area contributed by atoms with E-state index in [0.29, 0.717) is 0 Å². The minimum atomic E-state index is -0.537. The average Bonchev–Trinajstić information content (AvgIpc) is 3.68. The Balaban J connectivity index is 0.998. The summed E-state index contributed by atoms with van der Waals surface area (Å²) < 4.78 is 5.87. The molecule has 4 atom stereocenters. The van der Waals surface area contributed by atoms with Gasteiger partial charge in [0.2, 0.25) is 0 Å². The van der Waals surface area contributed by atoms with Gasteiger partial charge in [0.05, 0.1) is 23.6 Å². The molecule has 0 bridgehead atoms. The monoisotopic (exact) mass is 842 g/mol. The Morgan fingerprint density at radius 2 is 1.17 bits per heavy atom. The Hall–Kier alpha value is -7.20. The summed E-state index contributed by atoms with van der Waals surface area (Å²) in [6.45, 7) is 0. The molecule has 6 aromatic carbocycles. The first-order chi connectivity index (χ1) is 32.2. The molecular formula is C62H54N2O. The van der Waals surface area contributed by atoms with Gasteiger partial charge in [-0.25, -0.2) is 0 Å². The number of para-hydroxylation sites is 2. The van der Waals surface area contributed by atoms with Crippen LogP contribution in [0.1, 0.15) is 54.4 Å². The fraction of sp³-hybridized carbons (Fsp3) is 0.161. The number of fused-ring (bicyclic) bond motifs is 3. The average molecular weight is 843 g/mol. The molecule has 0 heterocycles. The zero-order chi connectivity index (χ0) is 43.6. The second-order valence-electron chi connectivity index (χ2n) is 17.7. The molecule has 3 nitrogen and oxygen atoms in total. The van der Waals surface area contributed by atoms with Crippen molar-refractivity contribution in [3.8, 4) is 22.3 Å². The van der Waals surface area contributed by atoms with E-state index in [-0.39, 0.29) is 18.2 Å². The van der Waals surface area contributed by atoms with Crippen molar-refractivity contribution in [2.24, 2.45) is 0 Å². The maximum absolute atomic E-state index is 5.87. The fourth-order valence-electron chi connectivity index (χ4n) is 10.9. The lowest BCUT2D eigenvalue weighted by Gasteiger charge is -2.37. The van der Waals surface area contributed by atoms with Crippen LogP contribution in [0.3, 0.4) is 0 Å². The molecule has 0 saturated carbocycles. The smallest absolute Gasteiger partial charge is 0.0789 e. The third-order valence-corrected chi connectivity index (χ3v) is 14.0. The lowest BCUT2D eigenvalue weighted by Crippen LogP contribution is -2.34. The van der Waals surface area contributed by atoms with Gasteiger partial charge in [0.1, 0.15) is 0 Å². The molecule has 0 aromatic heterocycles. The van der Waals surface area contributed by atoms with E-state index in [0.717, 1.165) is 32.1 Å². The third kappa shape index (κ3) is 7.50. The van der Waals surface area contributed by atoms with E-state index < -0.39 is 5.41 Å². The van der Waals surface area contributed by atoms with Crippen molar-refractivity contribution < 1.29 is 4.74 Å². The van der Waals surface area contributed by atoms with Crippen LogP contribution in [-0.4, -0.2) is 25.3 Å². The van der Waals surface area contributed by atoms with Gasteiger partial charge in [-0.15, -0.1) is 0 Å². The van der Waals surface area contributed by atoms with E-state index in [9.17, 15) is 0 Å². The molecule has 0 aliphatic heterocycles. The Kier molecular flexibility index (Phi) is 11.1. The van der Waals surface area contributed by atoms with Crippen LogP contribution in [0.25, 0.3) is 27.8 Å². The molecule has 11 rings (SSSR count). The van der Waals surface area contributed by atoms with Crippen LogP contribution in [0.5, 0.6) is 0 Å². The quantitative estimate of drug-likeness (QED) is 0.129. The molecule has 6 aromatic rings. The third-order valence-electron chi connectivity index (χ3n) is 14.0. The van der Waals surface area contributed by atoms with Crippen molar-refractivity contribution >= 4 is 22.6 Å². The summed E-state index contributed by atoms with van der Waals surface area (Å²) in [7, 11) is 1.81. The van der Waals surface area contributed by atoms with Gasteiger partial charge in [-0.3, -0.25) is 0 Å². The number of hydrogen-bond donors (Lipinski definition) is 0. The minimum absolute atomic E-state index is 0.0556. The highest BCUT2D eigenvalue weighted by atomic mass is 16.5. The Bertz CT molecular complexity index is 2950. The Morgan fingerprint density at radius 1 is 0.523 bits per heavy atom. The van der Waals surface area contributed by atoms with Gasteiger partial charge in [0.15, 0.2) is 0 Å². The van der Waals surface area contributed by atoms with Gasteiger partial charge < -0.3 is 14.5 Å². The lowest BCUT2D eigenvalue weighted by molar-refractivity contribution is 0.142. The van der Waals surface area contributed by atoms with Crippen molar-refractivity contribution in [1.82, 2.24) is 0 Å². The normalized spacial score (nSPS) is 21.6. The second-order valence-corrected chi connectivity index (χ2v) is 17.7. The van der Waals surface area contributed by atoms with Gasteiger partial charge in [-0.2, -0.15) is 0 Å². The molecule has 0 amide bonds. The molecule has 0 radical (unpaired) electrons. The molecule has 0 saturated heterocycles. The second kappa shape index (κ2) is 17.8. The summed E-state index contributed by atoms with van der Waals surface area (Å²) in [5.41, 5.74) is 17.2. The molecule has 0 N–H and O–H groups in total. The van der Waals surface area contributed by atoms with Crippen molar-refractivity contribution in [2.75, 3.05) is 16.9 Å². The first-order valence-corrected chi connectivity index (χ1v) is 23.3. The zero-order valence-corrected chi connectivity index (χ0v) is 37.0. The van der Waals surface area contributed by atoms with Crippen molar-refractivity contribution in [3.63, 3.8) is 0 Å². The molecule has 0 fully saturated rings. The first-order valence-electron chi connectivity index (χ1n) is 23.3. The van der Waals surface area contributed by atoms with Crippen molar-refractivity contribution in [2.45, 2.75) is 55.7 Å². The van der Waals surface area contributed by atoms with Crippen molar-refractivity contribution in [1.29, 1.82) is 0 Å². The molecule has 3 heteroatoms. The summed E-state index contributed by atoms with van der Waals surface area (Å²) in [6, 6.07) is 56.9. The van der Waals surface area contributed by atoms with E-state index in [2.05, 4.69) is 240 Å². The van der Waals surface area contributed by atoms with Crippen molar-refractivity contribution in [3.05, 3.63) is 264 Å². The van der Waals surface area contributed by atoms with Crippen LogP contribution in [0.15, 0.2) is 242 Å². The van der Waals surface area contributed by atoms with Crippen LogP contribution in [0.4, 0.5) is 17.1 Å². The van der Waals surface area contributed by atoms with Crippen LogP contribution >= 0.6 is 0 Å². The molecule has 0 spiro atoms. The Morgan fingerprint density at radius 3 is 1.78 bits per heavy atom. The van der Waals surface area contributed by atoms with Crippen LogP contribution in [-0.2, 0) is 10.2 Å². The van der Waals surface area contributed by atoms with E-state index in [1.165, 1.54) is 78.4 Å². The summed E-state index contributed by atoms with van der Waals surface area (Å²) in [6.07, 6.45) is 34.8. The summed E-state index contributed by atoms with van der Waals surface area (Å²) in [5.74, 6) is 0. The number of anilines is 3. The molecule has 5 aliphatic rings. The van der Waals surface area contributed by atoms with E-state index in [4.69, 9.17) is 4.74 Å². The standard InChI is InChI=1S/C62H54N2O/c1-65-57-39-33-50(34-40-57)62(49-17-7-2-8-18-49)60-43-47(45-27-35-55(36-28-45)63(51-19-9-3-10-20-51)52-21-11-4-12-22-52)31-41-58(60)59-42-32-48(44-61(59)62)46-29-37-56(38-30-46)64(53-23-13-5-14-24-53)54-25-15-6-16-26-54/h2-15,17-21,23-25,27-37,39,41-44,52,56-57H,16,22,26,38,40H2,1H3. The summed E-state index contributed by atoms with van der Waals surface area (Å²) in [5, 5.41) is 0. The zero-order valence-electron chi connectivity index (χ0n) is 37.0. The SMILES string of the molecule is COC1C=CC(C2(c3ccccc3)c3cc(C4=CCC(N(C5=CC=CCC5)c5ccccc5)C=C4)ccc3-c3ccc(-c4ccc(N(c5ccccc5)C5C=CC=CC5)cc4)cc32)=CC1. The Labute approximate surface area is 384 Å². The summed E-state index contributed by atoms with van der Waals surface area (Å²) in [4.78, 5) is 5.00. The number of nitrogens with zero attached hydrogens (tertiary/aromatic N) is 2. The number of ether oxygens (including phenoxy) is 1. The first kappa shape index (κ1) is 40.6. The molecule has 5 aliphatic carbocycles. The van der Waals surface area contributed by atoms with E-state index >= 15 is 0 Å². The predicted molar refractivity (Wildman–Crippen MR) is 272 cm³/mol. The maximum atomic E-state index is 5.87. The van der Waals surface area contributed by atoms with Crippen LogP contribution in [0, 0.1) is 0 Å². The van der Waals surface area contributed by atoms with Gasteiger partial charge in [0, 0.05) is 29.9 Å². The van der Waals surface area contributed by atoms with Gasteiger partial charge in [0.25, 0.3) is 0 Å². The number of benzene rings is 6. The molecule has 65 heavy (non-hydrogen) atoms. The topological polar surface area (TPSA) is 15.7 Å². The summed E-state index contributed by atoms with van der Waals surface area (Å²) >= 11 is 0. The molecular weight excluding hydrogens is 789 g/mol. The largest absolute Gasteiger partial charge is 0.377 e. The maximum Gasteiger partial charge on any atom is 0.0789 e. The van der Waals surface area contributed by atoms with E-state index in [1.807, 2.05) is 7.11 Å². The van der Waals surface area contributed by atoms with E-state index in [1.54, 1.807) is 0 Å². The highest BCUT2D eigenvalue weighted by Crippen LogP contribution is 2.58.